The lowest BCUT2D eigenvalue weighted by Gasteiger charge is -2.41. The van der Waals surface area contributed by atoms with Gasteiger partial charge in [0.2, 0.25) is 6.54 Å². The quantitative estimate of drug-likeness (QED) is 0.213. The maximum atomic E-state index is 13.9. The summed E-state index contributed by atoms with van der Waals surface area (Å²) in [6, 6.07) is 12.9. The molecular formula is C38H46FN7O4. The molecule has 11 nitrogen and oxygen atoms in total. The molecule has 1 unspecified atom stereocenters. The second-order valence-corrected chi connectivity index (χ2v) is 13.8. The van der Waals surface area contributed by atoms with Gasteiger partial charge >= 0.3 is 6.01 Å². The number of halogens is 1. The van der Waals surface area contributed by atoms with Crippen LogP contribution in [-0.4, -0.2) is 104 Å². The number of benzene rings is 2. The molecule has 1 amide bonds. The number of carbonyl (C=O) groups excluding carboxylic acids is 1. The lowest BCUT2D eigenvalue weighted by Crippen LogP contribution is -2.57. The van der Waals surface area contributed by atoms with Crippen LogP contribution in [0.2, 0.25) is 0 Å². The lowest BCUT2D eigenvalue weighted by atomic mass is 9.99. The van der Waals surface area contributed by atoms with Crippen LogP contribution in [-0.2, 0) is 33.8 Å². The molecule has 1 aromatic heterocycles. The highest BCUT2D eigenvalue weighted by molar-refractivity contribution is 5.97. The van der Waals surface area contributed by atoms with Gasteiger partial charge in [-0.1, -0.05) is 36.9 Å². The highest BCUT2D eigenvalue weighted by Gasteiger charge is 2.36. The van der Waals surface area contributed by atoms with Crippen LogP contribution in [0.3, 0.4) is 0 Å². The summed E-state index contributed by atoms with van der Waals surface area (Å²) in [5.74, 6) is -0.995. The standard InChI is InChI=1S/C38H46FN7O4/c1-26(39)37(47)46-19-18-45(22-30(46)21-40-2)36-31-15-17-44(23-32(31)41-38(42-36)50-25-29-12-8-16-43(29)3)33-13-7-10-27-9-6-11-28(35(27)33)24-49-34-14-4-5-20-48-34/h6-7,9-11,13,29-30,34H,1,4-5,8,12,14-25H2,3H3/t29-,30-,34?/m0/s1. The third-order valence-corrected chi connectivity index (χ3v) is 10.5. The number of likely N-dealkylation sites (tertiary alicyclic amines) is 1. The number of fused-ring (bicyclic) bond motifs is 2. The Bertz CT molecular complexity index is 1750. The normalized spacial score (nSPS) is 22.7. The van der Waals surface area contributed by atoms with Crippen molar-refractivity contribution in [2.24, 2.45) is 0 Å². The van der Waals surface area contributed by atoms with E-state index in [-0.39, 0.29) is 19.4 Å². The first kappa shape index (κ1) is 34.2. The number of likely N-dealkylation sites (N-methyl/N-ethyl adjacent to an activating group) is 1. The summed E-state index contributed by atoms with van der Waals surface area (Å²) in [7, 11) is 2.12. The fourth-order valence-electron chi connectivity index (χ4n) is 7.82. The van der Waals surface area contributed by atoms with E-state index in [9.17, 15) is 9.18 Å². The minimum atomic E-state index is -1.01. The van der Waals surface area contributed by atoms with Gasteiger partial charge in [0.1, 0.15) is 18.5 Å². The topological polar surface area (TPSA) is 87.9 Å². The maximum Gasteiger partial charge on any atom is 0.318 e. The van der Waals surface area contributed by atoms with Crippen LogP contribution in [0.5, 0.6) is 6.01 Å². The molecule has 264 valence electrons. The van der Waals surface area contributed by atoms with Crippen LogP contribution >= 0.6 is 0 Å². The summed E-state index contributed by atoms with van der Waals surface area (Å²) in [5.41, 5.74) is 4.19. The Morgan fingerprint density at radius 3 is 2.68 bits per heavy atom. The van der Waals surface area contributed by atoms with Crippen LogP contribution in [0.25, 0.3) is 15.6 Å². The molecule has 12 heteroatoms. The molecule has 0 spiro atoms. The molecule has 3 atom stereocenters. The van der Waals surface area contributed by atoms with E-state index in [0.29, 0.717) is 51.3 Å². The van der Waals surface area contributed by atoms with Crippen molar-refractivity contribution in [3.63, 3.8) is 0 Å². The summed E-state index contributed by atoms with van der Waals surface area (Å²) >= 11 is 0. The molecule has 0 bridgehead atoms. The first-order chi connectivity index (χ1) is 24.4. The number of hydrogen-bond donors (Lipinski definition) is 0. The number of amides is 1. The molecule has 5 heterocycles. The summed E-state index contributed by atoms with van der Waals surface area (Å²) in [6.07, 6.45) is 5.85. The van der Waals surface area contributed by atoms with Gasteiger partial charge in [-0.15, -0.1) is 0 Å². The fraction of sp³-hybridized carbons (Fsp3) is 0.526. The average molecular weight is 684 g/mol. The molecule has 0 aliphatic carbocycles. The third kappa shape index (κ3) is 7.26. The van der Waals surface area contributed by atoms with E-state index in [1.807, 2.05) is 0 Å². The summed E-state index contributed by atoms with van der Waals surface area (Å²) in [6.45, 7) is 15.9. The van der Waals surface area contributed by atoms with Crippen molar-refractivity contribution in [2.75, 3.05) is 69.3 Å². The van der Waals surface area contributed by atoms with Gasteiger partial charge in [0.15, 0.2) is 12.1 Å². The average Bonchev–Trinajstić information content (AvgIpc) is 3.56. The van der Waals surface area contributed by atoms with Crippen LogP contribution in [0, 0.1) is 6.57 Å². The summed E-state index contributed by atoms with van der Waals surface area (Å²) < 4.78 is 32.4. The minimum Gasteiger partial charge on any atom is -0.462 e. The number of hydrogen-bond acceptors (Lipinski definition) is 9. The van der Waals surface area contributed by atoms with E-state index in [4.69, 9.17) is 30.8 Å². The van der Waals surface area contributed by atoms with E-state index in [0.717, 1.165) is 85.5 Å². The predicted molar refractivity (Wildman–Crippen MR) is 190 cm³/mol. The Balaban J connectivity index is 1.19. The minimum absolute atomic E-state index is 0.0634. The van der Waals surface area contributed by atoms with Crippen LogP contribution in [0.15, 0.2) is 48.8 Å². The van der Waals surface area contributed by atoms with Gasteiger partial charge < -0.3 is 38.7 Å². The Kier molecular flexibility index (Phi) is 10.4. The molecule has 0 N–H and O–H groups in total. The Morgan fingerprint density at radius 2 is 1.92 bits per heavy atom. The van der Waals surface area contributed by atoms with Crippen molar-refractivity contribution in [3.05, 3.63) is 77.0 Å². The van der Waals surface area contributed by atoms with Gasteiger partial charge in [0, 0.05) is 55.5 Å². The van der Waals surface area contributed by atoms with Gasteiger partial charge in [-0.25, -0.2) is 11.0 Å². The van der Waals surface area contributed by atoms with Crippen molar-refractivity contribution in [1.29, 1.82) is 0 Å². The van der Waals surface area contributed by atoms with Gasteiger partial charge in [0.05, 0.1) is 18.8 Å². The summed E-state index contributed by atoms with van der Waals surface area (Å²) in [4.78, 5) is 34.4. The van der Waals surface area contributed by atoms with Crippen LogP contribution in [0.1, 0.15) is 48.9 Å². The smallest absolute Gasteiger partial charge is 0.318 e. The number of piperazine rings is 1. The molecule has 0 radical (unpaired) electrons. The third-order valence-electron chi connectivity index (χ3n) is 10.5. The Morgan fingerprint density at radius 1 is 1.06 bits per heavy atom. The number of rotatable bonds is 10. The number of aromatic nitrogens is 2. The first-order valence-electron chi connectivity index (χ1n) is 17.8. The predicted octanol–water partition coefficient (Wildman–Crippen LogP) is 5.13. The molecule has 2 aromatic carbocycles. The largest absolute Gasteiger partial charge is 0.462 e. The Labute approximate surface area is 293 Å². The highest BCUT2D eigenvalue weighted by atomic mass is 19.1. The SMILES string of the molecule is [C-]#[N+]C[C@H]1CN(c2nc(OC[C@@H]3CCCN3C)nc3c2CCN(c2cccc4cccc(COC5CCCCO5)c24)C3)CCN1C(=O)C(=C)F. The van der Waals surface area contributed by atoms with Crippen molar-refractivity contribution in [3.8, 4) is 6.01 Å². The van der Waals surface area contributed by atoms with E-state index < -0.39 is 17.8 Å². The zero-order valence-corrected chi connectivity index (χ0v) is 28.9. The Hall–Kier alpha value is -4.31. The van der Waals surface area contributed by atoms with Crippen molar-refractivity contribution >= 4 is 28.2 Å². The number of nitrogens with zero attached hydrogens (tertiary/aromatic N) is 7. The molecular weight excluding hydrogens is 637 g/mol. The highest BCUT2D eigenvalue weighted by Crippen LogP contribution is 2.37. The molecule has 0 saturated carbocycles. The van der Waals surface area contributed by atoms with E-state index >= 15 is 0 Å². The zero-order chi connectivity index (χ0) is 34.6. The number of ether oxygens (including phenoxy) is 3. The molecule has 50 heavy (non-hydrogen) atoms. The van der Waals surface area contributed by atoms with E-state index in [1.54, 1.807) is 0 Å². The van der Waals surface area contributed by atoms with E-state index in [2.05, 4.69) is 69.6 Å². The molecule has 3 fully saturated rings. The van der Waals surface area contributed by atoms with Gasteiger partial charge in [-0.05, 0) is 69.1 Å². The van der Waals surface area contributed by atoms with Gasteiger partial charge in [-0.2, -0.15) is 9.97 Å². The summed E-state index contributed by atoms with van der Waals surface area (Å²) in [5, 5.41) is 2.32. The van der Waals surface area contributed by atoms with Crippen molar-refractivity contribution < 1.29 is 23.4 Å². The van der Waals surface area contributed by atoms with Crippen molar-refractivity contribution in [2.45, 2.75) is 70.1 Å². The van der Waals surface area contributed by atoms with Gasteiger partial charge in [0.25, 0.3) is 5.91 Å². The molecule has 3 saturated heterocycles. The second-order valence-electron chi connectivity index (χ2n) is 13.8. The van der Waals surface area contributed by atoms with E-state index in [1.165, 1.54) is 10.3 Å². The second kappa shape index (κ2) is 15.3. The molecule has 7 rings (SSSR count). The lowest BCUT2D eigenvalue weighted by molar-refractivity contribution is -0.168. The van der Waals surface area contributed by atoms with Gasteiger partial charge in [-0.3, -0.25) is 4.79 Å². The molecule has 3 aromatic rings. The maximum absolute atomic E-state index is 13.9. The molecule has 4 aliphatic rings. The van der Waals surface area contributed by atoms with Crippen LogP contribution in [0.4, 0.5) is 15.9 Å². The fourth-order valence-corrected chi connectivity index (χ4v) is 7.82. The molecule has 4 aliphatic heterocycles. The number of carbonyl (C=O) groups is 1. The monoisotopic (exact) mass is 683 g/mol. The van der Waals surface area contributed by atoms with Crippen LogP contribution < -0.4 is 14.5 Å². The number of anilines is 2. The first-order valence-corrected chi connectivity index (χ1v) is 17.8. The zero-order valence-electron chi connectivity index (χ0n) is 28.9. The van der Waals surface area contributed by atoms with Crippen molar-refractivity contribution in [1.82, 2.24) is 19.8 Å².